The van der Waals surface area contributed by atoms with Crippen molar-refractivity contribution in [2.45, 2.75) is 5.75 Å². The van der Waals surface area contributed by atoms with Crippen LogP contribution in [0.3, 0.4) is 0 Å². The highest BCUT2D eigenvalue weighted by molar-refractivity contribution is 8.02. The van der Waals surface area contributed by atoms with Crippen LogP contribution in [0.15, 0.2) is 47.4 Å². The molecule has 0 radical (unpaired) electrons. The molecule has 0 spiro atoms. The van der Waals surface area contributed by atoms with Crippen molar-refractivity contribution in [1.82, 2.24) is 0 Å². The lowest BCUT2D eigenvalue weighted by molar-refractivity contribution is 0.403. The SMILES string of the molecule is N#CC(=Cc1ccc(O)c(O)c1)SCc1ccc(Cl)cc1. The van der Waals surface area contributed by atoms with E-state index in [2.05, 4.69) is 6.07 Å². The number of nitriles is 1. The largest absolute Gasteiger partial charge is 0.504 e. The number of halogens is 1. The predicted molar refractivity (Wildman–Crippen MR) is 86.1 cm³/mol. The Bertz CT molecular complexity index is 705. The van der Waals surface area contributed by atoms with Crippen LogP contribution >= 0.6 is 23.4 Å². The fraction of sp³-hybridized carbons (Fsp3) is 0.0625. The molecule has 0 heterocycles. The molecule has 0 bridgehead atoms. The van der Waals surface area contributed by atoms with E-state index in [1.165, 1.54) is 23.9 Å². The van der Waals surface area contributed by atoms with E-state index in [4.69, 9.17) is 16.9 Å². The minimum atomic E-state index is -0.205. The molecule has 0 unspecified atom stereocenters. The number of thioether (sulfide) groups is 1. The number of phenols is 2. The molecule has 0 aliphatic heterocycles. The van der Waals surface area contributed by atoms with Crippen molar-refractivity contribution in [1.29, 1.82) is 5.26 Å². The minimum Gasteiger partial charge on any atom is -0.504 e. The molecule has 0 aliphatic carbocycles. The maximum atomic E-state index is 9.44. The molecular weight excluding hydrogens is 306 g/mol. The van der Waals surface area contributed by atoms with Gasteiger partial charge in [-0.25, -0.2) is 0 Å². The van der Waals surface area contributed by atoms with Crippen LogP contribution in [0, 0.1) is 11.3 Å². The number of nitrogens with zero attached hydrogens (tertiary/aromatic N) is 1. The summed E-state index contributed by atoms with van der Waals surface area (Å²) in [5, 5.41) is 28.5. The maximum absolute atomic E-state index is 9.44. The van der Waals surface area contributed by atoms with Crippen molar-refractivity contribution in [3.8, 4) is 17.6 Å². The summed E-state index contributed by atoms with van der Waals surface area (Å²) >= 11 is 7.22. The molecule has 2 N–H and O–H groups in total. The van der Waals surface area contributed by atoms with Crippen molar-refractivity contribution in [2.75, 3.05) is 0 Å². The maximum Gasteiger partial charge on any atom is 0.157 e. The van der Waals surface area contributed by atoms with Gasteiger partial charge in [0.05, 0.1) is 4.91 Å². The summed E-state index contributed by atoms with van der Waals surface area (Å²) in [6.45, 7) is 0. The van der Waals surface area contributed by atoms with Gasteiger partial charge in [-0.2, -0.15) is 5.26 Å². The predicted octanol–water partition coefficient (Wildman–Crippen LogP) is 4.55. The van der Waals surface area contributed by atoms with Gasteiger partial charge < -0.3 is 10.2 Å². The molecule has 0 aromatic heterocycles. The molecule has 0 atom stereocenters. The van der Waals surface area contributed by atoms with Crippen LogP contribution in [-0.2, 0) is 5.75 Å². The molecule has 0 saturated carbocycles. The molecule has 21 heavy (non-hydrogen) atoms. The summed E-state index contributed by atoms with van der Waals surface area (Å²) < 4.78 is 0. The normalized spacial score (nSPS) is 11.1. The number of rotatable bonds is 4. The standard InChI is InChI=1S/C16H12ClNO2S/c17-13-4-1-11(2-5-13)10-21-14(9-18)7-12-3-6-15(19)16(20)8-12/h1-8,19-20H,10H2. The Hall–Kier alpha value is -2.09. The summed E-state index contributed by atoms with van der Waals surface area (Å²) in [6.07, 6.45) is 1.67. The zero-order chi connectivity index (χ0) is 15.2. The topological polar surface area (TPSA) is 64.2 Å². The van der Waals surface area contributed by atoms with E-state index in [0.29, 0.717) is 21.2 Å². The lowest BCUT2D eigenvalue weighted by Crippen LogP contribution is -1.81. The van der Waals surface area contributed by atoms with Gasteiger partial charge >= 0.3 is 0 Å². The zero-order valence-electron chi connectivity index (χ0n) is 11.0. The number of benzene rings is 2. The molecule has 2 aromatic carbocycles. The first kappa shape index (κ1) is 15.3. The van der Waals surface area contributed by atoms with Gasteiger partial charge in [-0.05, 0) is 41.5 Å². The number of allylic oxidation sites excluding steroid dienone is 1. The third-order valence-corrected chi connectivity index (χ3v) is 3.96. The summed E-state index contributed by atoms with van der Waals surface area (Å²) in [6, 6.07) is 14.0. The van der Waals surface area contributed by atoms with E-state index in [-0.39, 0.29) is 11.5 Å². The molecule has 5 heteroatoms. The Kier molecular flexibility index (Phi) is 5.15. The average molecular weight is 318 g/mol. The van der Waals surface area contributed by atoms with Crippen LogP contribution in [0.5, 0.6) is 11.5 Å². The zero-order valence-corrected chi connectivity index (χ0v) is 12.5. The third-order valence-electron chi connectivity index (χ3n) is 2.72. The Labute approximate surface area is 132 Å². The Morgan fingerprint density at radius 2 is 1.86 bits per heavy atom. The van der Waals surface area contributed by atoms with Crippen molar-refractivity contribution in [2.24, 2.45) is 0 Å². The summed E-state index contributed by atoms with van der Waals surface area (Å²) in [5.74, 6) is 0.267. The summed E-state index contributed by atoms with van der Waals surface area (Å²) in [4.78, 5) is 0.523. The average Bonchev–Trinajstić information content (AvgIpc) is 2.49. The molecule has 2 rings (SSSR count). The Balaban J connectivity index is 2.08. The minimum absolute atomic E-state index is 0.181. The lowest BCUT2D eigenvalue weighted by atomic mass is 10.2. The molecule has 106 valence electrons. The molecule has 0 aliphatic rings. The van der Waals surface area contributed by atoms with Gasteiger partial charge in [0.1, 0.15) is 6.07 Å². The highest BCUT2D eigenvalue weighted by Gasteiger charge is 2.03. The number of hydrogen-bond donors (Lipinski definition) is 2. The Morgan fingerprint density at radius 3 is 2.48 bits per heavy atom. The molecule has 3 nitrogen and oxygen atoms in total. The molecule has 0 saturated heterocycles. The van der Waals surface area contributed by atoms with Crippen LogP contribution in [0.2, 0.25) is 5.02 Å². The first-order valence-corrected chi connectivity index (χ1v) is 7.46. The van der Waals surface area contributed by atoms with Gasteiger partial charge in [0.25, 0.3) is 0 Å². The van der Waals surface area contributed by atoms with E-state index in [1.807, 2.05) is 24.3 Å². The van der Waals surface area contributed by atoms with E-state index in [0.717, 1.165) is 5.56 Å². The quantitative estimate of drug-likeness (QED) is 0.641. The van der Waals surface area contributed by atoms with Crippen LogP contribution in [0.25, 0.3) is 6.08 Å². The van der Waals surface area contributed by atoms with Crippen molar-refractivity contribution in [3.05, 3.63) is 63.5 Å². The molecule has 0 fully saturated rings. The van der Waals surface area contributed by atoms with Crippen LogP contribution < -0.4 is 0 Å². The van der Waals surface area contributed by atoms with Gasteiger partial charge in [-0.3, -0.25) is 0 Å². The Morgan fingerprint density at radius 1 is 1.14 bits per heavy atom. The number of phenolic OH excluding ortho intramolecular Hbond substituents is 2. The molecule has 2 aromatic rings. The van der Waals surface area contributed by atoms with Crippen LogP contribution in [-0.4, -0.2) is 10.2 Å². The fourth-order valence-electron chi connectivity index (χ4n) is 1.63. The smallest absolute Gasteiger partial charge is 0.157 e. The van der Waals surface area contributed by atoms with Crippen molar-refractivity contribution >= 4 is 29.4 Å². The van der Waals surface area contributed by atoms with Gasteiger partial charge in [0.15, 0.2) is 11.5 Å². The van der Waals surface area contributed by atoms with Crippen molar-refractivity contribution in [3.63, 3.8) is 0 Å². The summed E-state index contributed by atoms with van der Waals surface area (Å²) in [7, 11) is 0. The van der Waals surface area contributed by atoms with Gasteiger partial charge in [-0.1, -0.05) is 29.8 Å². The van der Waals surface area contributed by atoms with Crippen LogP contribution in [0.1, 0.15) is 11.1 Å². The number of hydrogen-bond acceptors (Lipinski definition) is 4. The molecule has 0 amide bonds. The highest BCUT2D eigenvalue weighted by Crippen LogP contribution is 2.28. The first-order valence-electron chi connectivity index (χ1n) is 6.09. The third kappa shape index (κ3) is 4.45. The van der Waals surface area contributed by atoms with E-state index < -0.39 is 0 Å². The van der Waals surface area contributed by atoms with E-state index in [9.17, 15) is 10.2 Å². The number of aromatic hydroxyl groups is 2. The van der Waals surface area contributed by atoms with Crippen LogP contribution in [0.4, 0.5) is 0 Å². The van der Waals surface area contributed by atoms with Gasteiger partial charge in [-0.15, -0.1) is 11.8 Å². The first-order chi connectivity index (χ1) is 10.1. The second-order valence-corrected chi connectivity index (χ2v) is 5.74. The molecular formula is C16H12ClNO2S. The fourth-order valence-corrected chi connectivity index (χ4v) is 2.55. The van der Waals surface area contributed by atoms with E-state index in [1.54, 1.807) is 12.1 Å². The summed E-state index contributed by atoms with van der Waals surface area (Å²) in [5.41, 5.74) is 1.73. The highest BCUT2D eigenvalue weighted by atomic mass is 35.5. The van der Waals surface area contributed by atoms with Gasteiger partial charge in [0, 0.05) is 10.8 Å². The second-order valence-electron chi connectivity index (χ2n) is 4.28. The van der Waals surface area contributed by atoms with Crippen molar-refractivity contribution < 1.29 is 10.2 Å². The lowest BCUT2D eigenvalue weighted by Gasteiger charge is -2.02. The van der Waals surface area contributed by atoms with E-state index >= 15 is 0 Å². The second kappa shape index (κ2) is 7.07. The monoisotopic (exact) mass is 317 g/mol. The van der Waals surface area contributed by atoms with Gasteiger partial charge in [0.2, 0.25) is 0 Å².